The van der Waals surface area contributed by atoms with E-state index in [0.29, 0.717) is 11.3 Å². The Morgan fingerprint density at radius 2 is 1.41 bits per heavy atom. The smallest absolute Gasteiger partial charge is 0.271 e. The van der Waals surface area contributed by atoms with E-state index in [1.165, 1.54) is 47.5 Å². The summed E-state index contributed by atoms with van der Waals surface area (Å²) in [7, 11) is 0. The Bertz CT molecular complexity index is 1310. The number of nitrogens with zero attached hydrogens (tertiary/aromatic N) is 4. The molecular weight excluding hydrogens is 444 g/mol. The van der Waals surface area contributed by atoms with E-state index in [1.807, 2.05) is 0 Å². The fourth-order valence-electron chi connectivity index (χ4n) is 4.35. The van der Waals surface area contributed by atoms with Gasteiger partial charge in [0, 0.05) is 24.3 Å². The lowest BCUT2D eigenvalue weighted by Gasteiger charge is -2.28. The molecule has 5 rings (SSSR count). The standard InChI is InChI=1S/C23H16N4O7/c28-22-19-20(14-5-2-1-3-6-14)25(17-7-4-8-18(13-17)27(32)33)34-21(19)23(29)24(22)15-9-11-16(12-10-15)26(30)31/h1-13,19-21H/t19-,20+,21+/m1/s1. The van der Waals surface area contributed by atoms with E-state index in [4.69, 9.17) is 4.84 Å². The molecule has 2 saturated heterocycles. The molecule has 2 aliphatic rings. The van der Waals surface area contributed by atoms with Crippen molar-refractivity contribution in [3.63, 3.8) is 0 Å². The van der Waals surface area contributed by atoms with Crippen molar-refractivity contribution in [1.29, 1.82) is 0 Å². The van der Waals surface area contributed by atoms with Crippen molar-refractivity contribution < 1.29 is 24.3 Å². The van der Waals surface area contributed by atoms with Crippen LogP contribution in [0.15, 0.2) is 78.9 Å². The number of non-ortho nitro benzene ring substituents is 2. The van der Waals surface area contributed by atoms with Crippen molar-refractivity contribution in [2.45, 2.75) is 12.1 Å². The summed E-state index contributed by atoms with van der Waals surface area (Å²) in [6.07, 6.45) is -1.16. The maximum atomic E-state index is 13.5. The van der Waals surface area contributed by atoms with Crippen LogP contribution in [0.3, 0.4) is 0 Å². The number of carbonyl (C=O) groups is 2. The molecule has 0 aromatic heterocycles. The third kappa shape index (κ3) is 3.35. The molecule has 0 aliphatic carbocycles. The predicted octanol–water partition coefficient (Wildman–Crippen LogP) is 3.55. The first kappa shape index (κ1) is 21.2. The Morgan fingerprint density at radius 3 is 2.06 bits per heavy atom. The van der Waals surface area contributed by atoms with Crippen LogP contribution in [0.5, 0.6) is 0 Å². The largest absolute Gasteiger partial charge is 0.273 e. The van der Waals surface area contributed by atoms with E-state index < -0.39 is 39.7 Å². The summed E-state index contributed by atoms with van der Waals surface area (Å²) in [5, 5.41) is 23.6. The summed E-state index contributed by atoms with van der Waals surface area (Å²) in [6, 6.07) is 19.1. The van der Waals surface area contributed by atoms with Crippen molar-refractivity contribution >= 4 is 34.6 Å². The van der Waals surface area contributed by atoms with Gasteiger partial charge in [0.1, 0.15) is 5.92 Å². The highest BCUT2D eigenvalue weighted by molar-refractivity contribution is 6.24. The lowest BCUT2D eigenvalue weighted by molar-refractivity contribution is -0.385. The number of rotatable bonds is 5. The number of nitro benzene ring substituents is 2. The Labute approximate surface area is 192 Å². The number of anilines is 2. The highest BCUT2D eigenvalue weighted by Gasteiger charge is 2.60. The van der Waals surface area contributed by atoms with Crippen molar-refractivity contribution in [2.24, 2.45) is 5.92 Å². The number of carbonyl (C=O) groups excluding carboxylic acids is 2. The van der Waals surface area contributed by atoms with Crippen LogP contribution in [0.2, 0.25) is 0 Å². The lowest BCUT2D eigenvalue weighted by atomic mass is 9.90. The molecule has 3 aromatic carbocycles. The molecule has 0 radical (unpaired) electrons. The number of benzene rings is 3. The van der Waals surface area contributed by atoms with Gasteiger partial charge in [0.05, 0.1) is 27.3 Å². The van der Waals surface area contributed by atoms with Crippen LogP contribution in [0.4, 0.5) is 22.7 Å². The number of hydrogen-bond donors (Lipinski definition) is 0. The normalized spacial score (nSPS) is 21.6. The van der Waals surface area contributed by atoms with Crippen molar-refractivity contribution in [3.8, 4) is 0 Å². The number of imide groups is 1. The molecular formula is C23H16N4O7. The molecule has 11 nitrogen and oxygen atoms in total. The van der Waals surface area contributed by atoms with Gasteiger partial charge in [-0.05, 0) is 23.8 Å². The number of hydroxylamine groups is 1. The summed E-state index contributed by atoms with van der Waals surface area (Å²) in [4.78, 5) is 54.8. The van der Waals surface area contributed by atoms with Gasteiger partial charge in [-0.3, -0.25) is 34.7 Å². The average molecular weight is 460 g/mol. The molecule has 2 aliphatic heterocycles. The van der Waals surface area contributed by atoms with Crippen LogP contribution in [-0.2, 0) is 14.4 Å². The molecule has 2 heterocycles. The van der Waals surface area contributed by atoms with Gasteiger partial charge < -0.3 is 0 Å². The zero-order valence-electron chi connectivity index (χ0n) is 17.4. The fourth-order valence-corrected chi connectivity index (χ4v) is 4.35. The topological polar surface area (TPSA) is 136 Å². The molecule has 2 fully saturated rings. The third-order valence-electron chi connectivity index (χ3n) is 5.87. The summed E-state index contributed by atoms with van der Waals surface area (Å²) < 4.78 is 0. The van der Waals surface area contributed by atoms with Gasteiger partial charge in [-0.15, -0.1) is 0 Å². The number of amides is 2. The quantitative estimate of drug-likeness (QED) is 0.320. The van der Waals surface area contributed by atoms with E-state index in [-0.39, 0.29) is 17.1 Å². The molecule has 0 spiro atoms. The van der Waals surface area contributed by atoms with Gasteiger partial charge in [-0.25, -0.2) is 9.96 Å². The van der Waals surface area contributed by atoms with Gasteiger partial charge in [-0.1, -0.05) is 36.4 Å². The van der Waals surface area contributed by atoms with Gasteiger partial charge in [-0.2, -0.15) is 0 Å². The summed E-state index contributed by atoms with van der Waals surface area (Å²) in [5.41, 5.74) is 0.897. The average Bonchev–Trinajstić information content (AvgIpc) is 3.35. The molecule has 0 N–H and O–H groups in total. The maximum absolute atomic E-state index is 13.5. The lowest BCUT2D eigenvalue weighted by Crippen LogP contribution is -2.37. The summed E-state index contributed by atoms with van der Waals surface area (Å²) in [6.45, 7) is 0. The van der Waals surface area contributed by atoms with Crippen LogP contribution in [-0.4, -0.2) is 27.8 Å². The second kappa shape index (κ2) is 8.05. The Kier molecular flexibility index (Phi) is 5.02. The molecule has 0 saturated carbocycles. The molecule has 3 atom stereocenters. The highest BCUT2D eigenvalue weighted by atomic mass is 16.7. The first-order valence-electron chi connectivity index (χ1n) is 10.2. The van der Waals surface area contributed by atoms with E-state index in [9.17, 15) is 29.8 Å². The van der Waals surface area contributed by atoms with Crippen LogP contribution in [0, 0.1) is 26.1 Å². The monoisotopic (exact) mass is 460 g/mol. The van der Waals surface area contributed by atoms with Crippen LogP contribution in [0.25, 0.3) is 0 Å². The number of fused-ring (bicyclic) bond motifs is 1. The molecule has 3 aromatic rings. The van der Waals surface area contributed by atoms with Crippen LogP contribution < -0.4 is 9.96 Å². The molecule has 0 bridgehead atoms. The van der Waals surface area contributed by atoms with Gasteiger partial charge in [0.25, 0.3) is 17.3 Å². The third-order valence-corrected chi connectivity index (χ3v) is 5.87. The van der Waals surface area contributed by atoms with Crippen molar-refractivity contribution in [1.82, 2.24) is 0 Å². The van der Waals surface area contributed by atoms with Crippen molar-refractivity contribution in [2.75, 3.05) is 9.96 Å². The minimum absolute atomic E-state index is 0.157. The van der Waals surface area contributed by atoms with Gasteiger partial charge in [0.15, 0.2) is 6.10 Å². The zero-order chi connectivity index (χ0) is 24.0. The number of hydrogen-bond acceptors (Lipinski definition) is 8. The van der Waals surface area contributed by atoms with Gasteiger partial charge >= 0.3 is 0 Å². The van der Waals surface area contributed by atoms with Crippen LogP contribution >= 0.6 is 0 Å². The Hall–Kier alpha value is -4.64. The van der Waals surface area contributed by atoms with E-state index in [2.05, 4.69) is 0 Å². The first-order chi connectivity index (χ1) is 16.4. The summed E-state index contributed by atoms with van der Waals surface area (Å²) >= 11 is 0. The zero-order valence-corrected chi connectivity index (χ0v) is 17.4. The van der Waals surface area contributed by atoms with Crippen LogP contribution in [0.1, 0.15) is 11.6 Å². The SMILES string of the molecule is O=C1[C@H]2[C@H](ON(c3cccc([N+](=O)[O-])c3)[C@H]2c2ccccc2)C(=O)N1c1ccc([N+](=O)[O-])cc1. The van der Waals surface area contributed by atoms with E-state index in [1.54, 1.807) is 36.4 Å². The second-order valence-electron chi connectivity index (χ2n) is 7.80. The minimum atomic E-state index is -1.16. The molecule has 11 heteroatoms. The molecule has 34 heavy (non-hydrogen) atoms. The van der Waals surface area contributed by atoms with E-state index >= 15 is 0 Å². The predicted molar refractivity (Wildman–Crippen MR) is 119 cm³/mol. The summed E-state index contributed by atoms with van der Waals surface area (Å²) in [5.74, 6) is -2.06. The van der Waals surface area contributed by atoms with E-state index in [0.717, 1.165) is 4.90 Å². The fraction of sp³-hybridized carbons (Fsp3) is 0.130. The molecule has 0 unspecified atom stereocenters. The molecule has 170 valence electrons. The Balaban J connectivity index is 1.55. The first-order valence-corrected chi connectivity index (χ1v) is 10.2. The Morgan fingerprint density at radius 1 is 0.735 bits per heavy atom. The highest BCUT2D eigenvalue weighted by Crippen LogP contribution is 2.48. The van der Waals surface area contributed by atoms with Gasteiger partial charge in [0.2, 0.25) is 5.91 Å². The minimum Gasteiger partial charge on any atom is -0.273 e. The second-order valence-corrected chi connectivity index (χ2v) is 7.80. The van der Waals surface area contributed by atoms with Crippen molar-refractivity contribution in [3.05, 3.63) is 105 Å². The molecule has 2 amide bonds. The maximum Gasteiger partial charge on any atom is 0.271 e. The number of nitro groups is 2.